The normalized spacial score (nSPS) is 11.2. The Balaban J connectivity index is 2.53. The molecule has 0 saturated carbocycles. The second kappa shape index (κ2) is 6.65. The number of rotatable bonds is 4. The molecule has 0 fully saturated rings. The molecular formula is C15H12F4N2O3. The van der Waals surface area contributed by atoms with Gasteiger partial charge in [0.25, 0.3) is 0 Å². The summed E-state index contributed by atoms with van der Waals surface area (Å²) < 4.78 is 55.9. The van der Waals surface area contributed by atoms with E-state index >= 15 is 0 Å². The van der Waals surface area contributed by atoms with E-state index < -0.39 is 24.7 Å². The van der Waals surface area contributed by atoms with Crippen LogP contribution in [0.2, 0.25) is 0 Å². The number of anilines is 2. The van der Waals surface area contributed by atoms with Crippen molar-refractivity contribution in [1.29, 1.82) is 0 Å². The van der Waals surface area contributed by atoms with E-state index in [2.05, 4.69) is 0 Å². The van der Waals surface area contributed by atoms with Crippen molar-refractivity contribution in [1.82, 2.24) is 0 Å². The van der Waals surface area contributed by atoms with Crippen LogP contribution in [0.5, 0.6) is 5.75 Å². The summed E-state index contributed by atoms with van der Waals surface area (Å²) in [4.78, 5) is 10.7. The second-order valence-corrected chi connectivity index (χ2v) is 4.75. The first-order valence-electron chi connectivity index (χ1n) is 6.55. The Bertz CT molecular complexity index is 763. The molecular weight excluding hydrogens is 332 g/mol. The Morgan fingerprint density at radius 3 is 2.46 bits per heavy atom. The molecule has 5 nitrogen and oxygen atoms in total. The van der Waals surface area contributed by atoms with Gasteiger partial charge in [0.1, 0.15) is 11.6 Å². The molecule has 2 aromatic rings. The van der Waals surface area contributed by atoms with Crippen molar-refractivity contribution in [3.05, 3.63) is 42.2 Å². The van der Waals surface area contributed by atoms with E-state index in [9.17, 15) is 22.4 Å². The van der Waals surface area contributed by atoms with Crippen LogP contribution in [0.3, 0.4) is 0 Å². The second-order valence-electron chi connectivity index (χ2n) is 4.75. The molecule has 0 atom stereocenters. The first-order valence-corrected chi connectivity index (χ1v) is 6.55. The van der Waals surface area contributed by atoms with Crippen molar-refractivity contribution in [2.75, 3.05) is 17.7 Å². The molecule has 2 aromatic carbocycles. The molecule has 0 unspecified atom stereocenters. The molecule has 0 aliphatic carbocycles. The summed E-state index contributed by atoms with van der Waals surface area (Å²) in [7, 11) is 0. The molecule has 2 rings (SSSR count). The molecule has 24 heavy (non-hydrogen) atoms. The third-order valence-electron chi connectivity index (χ3n) is 2.95. The van der Waals surface area contributed by atoms with Crippen molar-refractivity contribution < 1.29 is 32.2 Å². The van der Waals surface area contributed by atoms with Crippen LogP contribution in [0.25, 0.3) is 11.1 Å². The number of amides is 1. The number of nitrogen functional groups attached to an aromatic ring is 1. The number of nitrogens with one attached hydrogen (secondary N) is 1. The standard InChI is InChI=1S/C15H12F4N2O3/c16-10-4-2-1-3-8(10)9-5-11(20)12(21-14(22)23)6-13(9)24-7-15(17,18)19/h1-6,21H,7,20H2,(H,22,23). The molecule has 0 spiro atoms. The van der Waals surface area contributed by atoms with Gasteiger partial charge in [0.2, 0.25) is 0 Å². The maximum Gasteiger partial charge on any atom is 0.422 e. The topological polar surface area (TPSA) is 84.6 Å². The van der Waals surface area contributed by atoms with E-state index in [0.717, 1.165) is 18.2 Å². The highest BCUT2D eigenvalue weighted by atomic mass is 19.4. The zero-order valence-electron chi connectivity index (χ0n) is 12.0. The quantitative estimate of drug-likeness (QED) is 0.576. The number of hydrogen-bond donors (Lipinski definition) is 3. The molecule has 0 aliphatic heterocycles. The number of carboxylic acid groups (broad SMARTS) is 1. The van der Waals surface area contributed by atoms with Crippen LogP contribution in [0, 0.1) is 5.82 Å². The molecule has 9 heteroatoms. The maximum absolute atomic E-state index is 13.9. The van der Waals surface area contributed by atoms with Gasteiger partial charge in [-0.1, -0.05) is 18.2 Å². The number of nitrogens with two attached hydrogens (primary N) is 1. The van der Waals surface area contributed by atoms with E-state index in [1.165, 1.54) is 18.2 Å². The van der Waals surface area contributed by atoms with Crippen molar-refractivity contribution in [3.8, 4) is 16.9 Å². The largest absolute Gasteiger partial charge is 0.483 e. The summed E-state index contributed by atoms with van der Waals surface area (Å²) in [5.74, 6) is -1.04. The van der Waals surface area contributed by atoms with Crippen LogP contribution >= 0.6 is 0 Å². The summed E-state index contributed by atoms with van der Waals surface area (Å²) in [6.45, 7) is -1.62. The fraction of sp³-hybridized carbons (Fsp3) is 0.133. The third-order valence-corrected chi connectivity index (χ3v) is 2.95. The SMILES string of the molecule is Nc1cc(-c2ccccc2F)c(OCC(F)(F)F)cc1NC(=O)O. The van der Waals surface area contributed by atoms with Gasteiger partial charge in [-0.2, -0.15) is 13.2 Å². The average Bonchev–Trinajstić information content (AvgIpc) is 2.47. The van der Waals surface area contributed by atoms with Crippen LogP contribution in [0.4, 0.5) is 33.7 Å². The maximum atomic E-state index is 13.9. The van der Waals surface area contributed by atoms with Crippen molar-refractivity contribution >= 4 is 17.5 Å². The number of alkyl halides is 3. The lowest BCUT2D eigenvalue weighted by molar-refractivity contribution is -0.153. The van der Waals surface area contributed by atoms with Crippen LogP contribution in [0.1, 0.15) is 0 Å². The third kappa shape index (κ3) is 4.28. The minimum atomic E-state index is -4.62. The average molecular weight is 344 g/mol. The fourth-order valence-electron chi connectivity index (χ4n) is 1.99. The van der Waals surface area contributed by atoms with E-state index in [4.69, 9.17) is 15.6 Å². The van der Waals surface area contributed by atoms with E-state index in [1.807, 2.05) is 5.32 Å². The van der Waals surface area contributed by atoms with E-state index in [0.29, 0.717) is 0 Å². The fourth-order valence-corrected chi connectivity index (χ4v) is 1.99. The molecule has 0 bridgehead atoms. The summed E-state index contributed by atoms with van der Waals surface area (Å²) in [6.07, 6.45) is -6.07. The first-order chi connectivity index (χ1) is 11.2. The smallest absolute Gasteiger partial charge is 0.422 e. The predicted molar refractivity (Wildman–Crippen MR) is 79.4 cm³/mol. The Morgan fingerprint density at radius 2 is 1.88 bits per heavy atom. The lowest BCUT2D eigenvalue weighted by atomic mass is 10.0. The summed E-state index contributed by atoms with van der Waals surface area (Å²) in [6, 6.07) is 7.51. The Kier molecular flexibility index (Phi) is 4.82. The molecule has 1 amide bonds. The molecule has 0 aromatic heterocycles. The van der Waals surface area contributed by atoms with E-state index in [1.54, 1.807) is 0 Å². The number of carbonyl (C=O) groups is 1. The summed E-state index contributed by atoms with van der Waals surface area (Å²) in [5.41, 5.74) is 5.38. The van der Waals surface area contributed by atoms with Crippen LogP contribution in [-0.2, 0) is 0 Å². The van der Waals surface area contributed by atoms with E-state index in [-0.39, 0.29) is 28.3 Å². The van der Waals surface area contributed by atoms with Gasteiger partial charge in [-0.05, 0) is 12.1 Å². The first kappa shape index (κ1) is 17.4. The number of hydrogen-bond acceptors (Lipinski definition) is 3. The minimum absolute atomic E-state index is 0.0224. The highest BCUT2D eigenvalue weighted by Crippen LogP contribution is 2.38. The van der Waals surface area contributed by atoms with Crippen LogP contribution < -0.4 is 15.8 Å². The van der Waals surface area contributed by atoms with Gasteiger partial charge in [0, 0.05) is 17.2 Å². The highest BCUT2D eigenvalue weighted by molar-refractivity contribution is 5.91. The van der Waals surface area contributed by atoms with Gasteiger partial charge in [-0.25, -0.2) is 9.18 Å². The Morgan fingerprint density at radius 1 is 1.21 bits per heavy atom. The molecule has 0 saturated heterocycles. The van der Waals surface area contributed by atoms with Gasteiger partial charge < -0.3 is 15.6 Å². The highest BCUT2D eigenvalue weighted by Gasteiger charge is 2.29. The van der Waals surface area contributed by atoms with Gasteiger partial charge in [0.15, 0.2) is 6.61 Å². The zero-order valence-corrected chi connectivity index (χ0v) is 12.0. The van der Waals surface area contributed by atoms with Crippen molar-refractivity contribution in [2.45, 2.75) is 6.18 Å². The Hall–Kier alpha value is -2.97. The lowest BCUT2D eigenvalue weighted by Gasteiger charge is -2.16. The van der Waals surface area contributed by atoms with Crippen LogP contribution in [-0.4, -0.2) is 24.0 Å². The molecule has 0 radical (unpaired) electrons. The summed E-state index contributed by atoms with van der Waals surface area (Å²) >= 11 is 0. The number of ether oxygens (including phenoxy) is 1. The summed E-state index contributed by atoms with van der Waals surface area (Å²) in [5, 5.41) is 10.7. The van der Waals surface area contributed by atoms with Gasteiger partial charge in [-0.15, -0.1) is 0 Å². The monoisotopic (exact) mass is 344 g/mol. The molecule has 0 heterocycles. The minimum Gasteiger partial charge on any atom is -0.483 e. The van der Waals surface area contributed by atoms with Crippen LogP contribution in [0.15, 0.2) is 36.4 Å². The van der Waals surface area contributed by atoms with Gasteiger partial charge in [-0.3, -0.25) is 5.32 Å². The zero-order chi connectivity index (χ0) is 17.9. The van der Waals surface area contributed by atoms with Crippen molar-refractivity contribution in [2.24, 2.45) is 0 Å². The van der Waals surface area contributed by atoms with Gasteiger partial charge in [0.05, 0.1) is 11.4 Å². The molecule has 0 aliphatic rings. The Labute approximate surface area is 133 Å². The number of benzene rings is 2. The number of halogens is 4. The van der Waals surface area contributed by atoms with Gasteiger partial charge >= 0.3 is 12.3 Å². The molecule has 4 N–H and O–H groups in total. The molecule has 128 valence electrons. The lowest BCUT2D eigenvalue weighted by Crippen LogP contribution is -2.20. The van der Waals surface area contributed by atoms with Crippen molar-refractivity contribution in [3.63, 3.8) is 0 Å². The predicted octanol–water partition coefficient (Wildman–Crippen LogP) is 4.11.